The highest BCUT2D eigenvalue weighted by Crippen LogP contribution is 2.36. The van der Waals surface area contributed by atoms with Crippen molar-refractivity contribution in [1.29, 1.82) is 0 Å². The molecule has 1 fully saturated rings. The number of thiazole rings is 1. The maximum absolute atomic E-state index is 12.7. The van der Waals surface area contributed by atoms with Crippen LogP contribution in [0.5, 0.6) is 5.75 Å². The number of aromatic carboxylic acids is 1. The van der Waals surface area contributed by atoms with Crippen molar-refractivity contribution < 1.29 is 24.2 Å². The first kappa shape index (κ1) is 26.2. The summed E-state index contributed by atoms with van der Waals surface area (Å²) in [4.78, 5) is 34.3. The number of halogens is 1. The van der Waals surface area contributed by atoms with E-state index in [1.54, 1.807) is 13.0 Å². The molecule has 4 aromatic rings. The van der Waals surface area contributed by atoms with Crippen LogP contribution in [0.15, 0.2) is 42.5 Å². The molecule has 38 heavy (non-hydrogen) atoms. The highest BCUT2D eigenvalue weighted by Gasteiger charge is 2.20. The number of aromatic amines is 1. The zero-order valence-electron chi connectivity index (χ0n) is 20.9. The molecule has 0 saturated carbocycles. The highest BCUT2D eigenvalue weighted by atomic mass is 35.5. The van der Waals surface area contributed by atoms with Crippen molar-refractivity contribution in [3.05, 3.63) is 75.6 Å². The van der Waals surface area contributed by atoms with Crippen molar-refractivity contribution in [3.63, 3.8) is 0 Å². The lowest BCUT2D eigenvalue weighted by atomic mass is 10.1. The van der Waals surface area contributed by atoms with Gasteiger partial charge in [0.2, 0.25) is 0 Å². The van der Waals surface area contributed by atoms with Crippen molar-refractivity contribution in [2.75, 3.05) is 31.6 Å². The van der Waals surface area contributed by atoms with E-state index in [1.165, 1.54) is 29.0 Å². The molecule has 1 saturated heterocycles. The number of benzene rings is 2. The minimum atomic E-state index is -1.08. The molecule has 0 aliphatic carbocycles. The Morgan fingerprint density at radius 3 is 2.63 bits per heavy atom. The van der Waals surface area contributed by atoms with E-state index in [4.69, 9.17) is 21.1 Å². The second-order valence-corrected chi connectivity index (χ2v) is 10.6. The van der Waals surface area contributed by atoms with Gasteiger partial charge < -0.3 is 19.6 Å². The molecular weight excluding hydrogens is 528 g/mol. The summed E-state index contributed by atoms with van der Waals surface area (Å²) in [6, 6.07) is 12.7. The molecule has 0 spiro atoms. The Morgan fingerprint density at radius 1 is 1.24 bits per heavy atom. The molecule has 1 aliphatic heterocycles. The van der Waals surface area contributed by atoms with Crippen LogP contribution < -0.4 is 10.1 Å². The lowest BCUT2D eigenvalue weighted by Crippen LogP contribution is -2.35. The second-order valence-electron chi connectivity index (χ2n) is 9.15. The van der Waals surface area contributed by atoms with E-state index in [2.05, 4.69) is 32.3 Å². The summed E-state index contributed by atoms with van der Waals surface area (Å²) in [6.45, 7) is 7.90. The van der Waals surface area contributed by atoms with Gasteiger partial charge in [-0.1, -0.05) is 47.2 Å². The molecular formula is C27H27ClN4O5S. The molecule has 198 valence electrons. The van der Waals surface area contributed by atoms with E-state index in [9.17, 15) is 14.7 Å². The number of amides is 1. The molecule has 1 amide bonds. The third-order valence-corrected chi connectivity index (χ3v) is 7.70. The number of rotatable bonds is 8. The first-order valence-corrected chi connectivity index (χ1v) is 13.4. The summed E-state index contributed by atoms with van der Waals surface area (Å²) in [5.74, 6) is -1.14. The van der Waals surface area contributed by atoms with Crippen LogP contribution in [0.4, 0.5) is 5.13 Å². The number of fused-ring (bicyclic) bond motifs is 1. The summed E-state index contributed by atoms with van der Waals surface area (Å²) in [6.07, 6.45) is -0.358. The Kier molecular flexibility index (Phi) is 7.66. The number of anilines is 1. The maximum atomic E-state index is 12.7. The normalized spacial score (nSPS) is 14.9. The van der Waals surface area contributed by atoms with Crippen LogP contribution in [0.25, 0.3) is 10.2 Å². The van der Waals surface area contributed by atoms with Crippen LogP contribution in [-0.4, -0.2) is 58.2 Å². The standard InChI is InChI=1S/C27H27ClN4O5S/c1-15-20(28)13-21(29-15)25(33)31-27-30-24-22(11-19(26(34)35)12-23(24)38-27)37-16(2)18-5-3-17(4-6-18)14-32-7-9-36-10-8-32/h3-6,11-13,16,29H,7-10,14H2,1-2H3,(H,34,35)(H,30,31,33). The number of carboxylic acids is 1. The largest absolute Gasteiger partial charge is 0.484 e. The fourth-order valence-electron chi connectivity index (χ4n) is 4.26. The lowest BCUT2D eigenvalue weighted by Gasteiger charge is -2.26. The van der Waals surface area contributed by atoms with Crippen LogP contribution in [0.1, 0.15) is 50.7 Å². The number of carbonyl (C=O) groups is 2. The van der Waals surface area contributed by atoms with Gasteiger partial charge in [-0.05, 0) is 43.2 Å². The molecule has 1 unspecified atom stereocenters. The molecule has 11 heteroatoms. The third kappa shape index (κ3) is 5.83. The number of aromatic nitrogens is 2. The average molecular weight is 555 g/mol. The monoisotopic (exact) mass is 554 g/mol. The molecule has 2 aromatic heterocycles. The van der Waals surface area contributed by atoms with E-state index in [-0.39, 0.29) is 11.7 Å². The first-order chi connectivity index (χ1) is 18.3. The van der Waals surface area contributed by atoms with E-state index in [1.807, 2.05) is 19.1 Å². The zero-order valence-corrected chi connectivity index (χ0v) is 22.5. The predicted molar refractivity (Wildman–Crippen MR) is 147 cm³/mol. The second kappa shape index (κ2) is 11.1. The molecule has 1 atom stereocenters. The molecule has 0 bridgehead atoms. The van der Waals surface area contributed by atoms with Gasteiger partial charge in [0.25, 0.3) is 5.91 Å². The Balaban J connectivity index is 1.35. The van der Waals surface area contributed by atoms with Crippen LogP contribution in [0.2, 0.25) is 5.02 Å². The van der Waals surface area contributed by atoms with Crippen molar-refractivity contribution >= 4 is 50.2 Å². The predicted octanol–water partition coefficient (Wildman–Crippen LogP) is 5.51. The number of aryl methyl sites for hydroxylation is 1. The lowest BCUT2D eigenvalue weighted by molar-refractivity contribution is 0.0342. The first-order valence-electron chi connectivity index (χ1n) is 12.2. The van der Waals surface area contributed by atoms with Gasteiger partial charge in [0, 0.05) is 25.3 Å². The van der Waals surface area contributed by atoms with E-state index >= 15 is 0 Å². The molecule has 3 N–H and O–H groups in total. The number of morpholine rings is 1. The van der Waals surface area contributed by atoms with Crippen LogP contribution in [0, 0.1) is 6.92 Å². The van der Waals surface area contributed by atoms with Crippen LogP contribution >= 0.6 is 22.9 Å². The third-order valence-electron chi connectivity index (χ3n) is 6.39. The van der Waals surface area contributed by atoms with Crippen molar-refractivity contribution in [2.45, 2.75) is 26.5 Å². The molecule has 5 rings (SSSR count). The topological polar surface area (TPSA) is 117 Å². The Hall–Kier alpha value is -3.44. The molecule has 9 nitrogen and oxygen atoms in total. The zero-order chi connectivity index (χ0) is 26.8. The van der Waals surface area contributed by atoms with Gasteiger partial charge in [0.1, 0.15) is 23.1 Å². The number of nitrogens with zero attached hydrogens (tertiary/aromatic N) is 2. The van der Waals surface area contributed by atoms with Crippen LogP contribution in [-0.2, 0) is 11.3 Å². The number of carbonyl (C=O) groups excluding carboxylic acids is 1. The highest BCUT2D eigenvalue weighted by molar-refractivity contribution is 7.22. The minimum absolute atomic E-state index is 0.0776. The van der Waals surface area contributed by atoms with Gasteiger partial charge in [-0.15, -0.1) is 0 Å². The number of H-pyrrole nitrogens is 1. The van der Waals surface area contributed by atoms with Gasteiger partial charge >= 0.3 is 5.97 Å². The van der Waals surface area contributed by atoms with Crippen molar-refractivity contribution in [1.82, 2.24) is 14.9 Å². The molecule has 3 heterocycles. The number of hydrogen-bond acceptors (Lipinski definition) is 7. The average Bonchev–Trinajstić information content (AvgIpc) is 3.47. The summed E-state index contributed by atoms with van der Waals surface area (Å²) in [5.41, 5.74) is 3.70. The fourth-order valence-corrected chi connectivity index (χ4v) is 5.33. The van der Waals surface area contributed by atoms with Gasteiger partial charge in [0.05, 0.1) is 28.5 Å². The fraction of sp³-hybridized carbons (Fsp3) is 0.296. The molecule has 0 radical (unpaired) electrons. The SMILES string of the molecule is Cc1[nH]c(C(=O)Nc2nc3c(OC(C)c4ccc(CN5CCOCC5)cc4)cc(C(=O)O)cc3s2)cc1Cl. The number of ether oxygens (including phenoxy) is 2. The summed E-state index contributed by atoms with van der Waals surface area (Å²) >= 11 is 7.23. The van der Waals surface area contributed by atoms with Gasteiger partial charge in [-0.2, -0.15) is 0 Å². The van der Waals surface area contributed by atoms with E-state index in [0.29, 0.717) is 37.5 Å². The minimum Gasteiger partial charge on any atom is -0.484 e. The summed E-state index contributed by atoms with van der Waals surface area (Å²) in [5, 5.41) is 13.2. The van der Waals surface area contributed by atoms with Gasteiger partial charge in [-0.25, -0.2) is 9.78 Å². The number of hydrogen-bond donors (Lipinski definition) is 3. The number of carboxylic acid groups (broad SMARTS) is 1. The summed E-state index contributed by atoms with van der Waals surface area (Å²) < 4.78 is 12.2. The van der Waals surface area contributed by atoms with Gasteiger partial charge in [0.15, 0.2) is 5.13 Å². The van der Waals surface area contributed by atoms with Crippen molar-refractivity contribution in [2.24, 2.45) is 0 Å². The van der Waals surface area contributed by atoms with E-state index in [0.717, 1.165) is 38.4 Å². The quantitative estimate of drug-likeness (QED) is 0.263. The summed E-state index contributed by atoms with van der Waals surface area (Å²) in [7, 11) is 0. The molecule has 1 aliphatic rings. The Labute approximate surface area is 228 Å². The van der Waals surface area contributed by atoms with Gasteiger partial charge in [-0.3, -0.25) is 15.0 Å². The molecule has 2 aromatic carbocycles. The maximum Gasteiger partial charge on any atom is 0.335 e. The van der Waals surface area contributed by atoms with E-state index < -0.39 is 11.9 Å². The van der Waals surface area contributed by atoms with Crippen LogP contribution in [0.3, 0.4) is 0 Å². The van der Waals surface area contributed by atoms with Crippen molar-refractivity contribution in [3.8, 4) is 5.75 Å². The smallest absolute Gasteiger partial charge is 0.335 e. The Morgan fingerprint density at radius 2 is 1.97 bits per heavy atom. The Bertz CT molecular complexity index is 1460. The number of nitrogens with one attached hydrogen (secondary N) is 2.